The Morgan fingerprint density at radius 2 is 1.95 bits per heavy atom. The zero-order valence-electron chi connectivity index (χ0n) is 9.88. The van der Waals surface area contributed by atoms with Gasteiger partial charge in [-0.25, -0.2) is 9.59 Å². The average Bonchev–Trinajstić information content (AvgIpc) is 2.82. The van der Waals surface area contributed by atoms with Gasteiger partial charge in [0.15, 0.2) is 0 Å². The number of aromatic hydroxyl groups is 1. The maximum atomic E-state index is 11.7. The SMILES string of the molecule is O=C(Nc1ccc(O)c(Cl)c1)Nc1sccc1C(=O)O. The number of urea groups is 1. The summed E-state index contributed by atoms with van der Waals surface area (Å²) in [7, 11) is 0. The van der Waals surface area contributed by atoms with Crippen LogP contribution in [0.3, 0.4) is 0 Å². The number of thiophene rings is 1. The van der Waals surface area contributed by atoms with Crippen molar-refractivity contribution >= 4 is 45.6 Å². The molecule has 104 valence electrons. The van der Waals surface area contributed by atoms with Crippen LogP contribution in [0.1, 0.15) is 10.4 Å². The number of anilines is 2. The van der Waals surface area contributed by atoms with Gasteiger partial charge < -0.3 is 15.5 Å². The molecule has 1 heterocycles. The zero-order chi connectivity index (χ0) is 14.7. The highest BCUT2D eigenvalue weighted by molar-refractivity contribution is 7.14. The lowest BCUT2D eigenvalue weighted by Crippen LogP contribution is -2.19. The van der Waals surface area contributed by atoms with E-state index in [0.717, 1.165) is 11.3 Å². The lowest BCUT2D eigenvalue weighted by molar-refractivity contribution is 0.0698. The molecule has 0 aliphatic heterocycles. The molecule has 2 aromatic rings. The maximum absolute atomic E-state index is 11.7. The summed E-state index contributed by atoms with van der Waals surface area (Å²) in [6.07, 6.45) is 0. The Kier molecular flexibility index (Phi) is 4.11. The molecule has 0 unspecified atom stereocenters. The third-order valence-electron chi connectivity index (χ3n) is 2.33. The molecular formula is C12H9ClN2O4S. The predicted octanol–water partition coefficient (Wildman–Crippen LogP) is 3.45. The normalized spacial score (nSPS) is 10.1. The summed E-state index contributed by atoms with van der Waals surface area (Å²) in [6.45, 7) is 0. The van der Waals surface area contributed by atoms with Gasteiger partial charge in [0.05, 0.1) is 10.6 Å². The van der Waals surface area contributed by atoms with Crippen LogP contribution in [-0.4, -0.2) is 22.2 Å². The predicted molar refractivity (Wildman–Crippen MR) is 77.0 cm³/mol. The second-order valence-electron chi connectivity index (χ2n) is 3.71. The molecule has 0 bridgehead atoms. The number of carbonyl (C=O) groups is 2. The highest BCUT2D eigenvalue weighted by atomic mass is 35.5. The molecule has 0 saturated heterocycles. The van der Waals surface area contributed by atoms with E-state index in [-0.39, 0.29) is 21.3 Å². The molecule has 2 amide bonds. The molecule has 8 heteroatoms. The van der Waals surface area contributed by atoms with Crippen molar-refractivity contribution in [1.82, 2.24) is 0 Å². The summed E-state index contributed by atoms with van der Waals surface area (Å²) < 4.78 is 0. The number of carboxylic acids is 1. The maximum Gasteiger partial charge on any atom is 0.338 e. The quantitative estimate of drug-likeness (QED) is 0.652. The second kappa shape index (κ2) is 5.81. The Hall–Kier alpha value is -2.25. The summed E-state index contributed by atoms with van der Waals surface area (Å²) in [5, 5.41) is 25.0. The van der Waals surface area contributed by atoms with Crippen LogP contribution in [0.15, 0.2) is 29.6 Å². The van der Waals surface area contributed by atoms with E-state index in [1.807, 2.05) is 0 Å². The number of hydrogen-bond donors (Lipinski definition) is 4. The first-order chi connectivity index (χ1) is 9.47. The van der Waals surface area contributed by atoms with Gasteiger partial charge in [0.25, 0.3) is 0 Å². The number of aromatic carboxylic acids is 1. The van der Waals surface area contributed by atoms with Crippen LogP contribution in [0.25, 0.3) is 0 Å². The van der Waals surface area contributed by atoms with Crippen molar-refractivity contribution in [2.75, 3.05) is 10.6 Å². The van der Waals surface area contributed by atoms with Crippen molar-refractivity contribution in [3.63, 3.8) is 0 Å². The zero-order valence-corrected chi connectivity index (χ0v) is 11.5. The van der Waals surface area contributed by atoms with Gasteiger partial charge >= 0.3 is 12.0 Å². The molecule has 6 nitrogen and oxygen atoms in total. The molecule has 0 saturated carbocycles. The van der Waals surface area contributed by atoms with Crippen molar-refractivity contribution in [2.24, 2.45) is 0 Å². The van der Waals surface area contributed by atoms with E-state index in [1.165, 1.54) is 24.3 Å². The van der Waals surface area contributed by atoms with Crippen molar-refractivity contribution in [2.45, 2.75) is 0 Å². The first-order valence-corrected chi connectivity index (χ1v) is 6.60. The fourth-order valence-corrected chi connectivity index (χ4v) is 2.38. The van der Waals surface area contributed by atoms with Gasteiger partial charge in [-0.05, 0) is 29.6 Å². The minimum atomic E-state index is -1.12. The fourth-order valence-electron chi connectivity index (χ4n) is 1.42. The van der Waals surface area contributed by atoms with E-state index in [4.69, 9.17) is 16.7 Å². The highest BCUT2D eigenvalue weighted by Crippen LogP contribution is 2.27. The topological polar surface area (TPSA) is 98.7 Å². The molecular weight excluding hydrogens is 304 g/mol. The Labute approximate surface area is 122 Å². The van der Waals surface area contributed by atoms with Crippen molar-refractivity contribution < 1.29 is 19.8 Å². The molecule has 0 aliphatic carbocycles. The molecule has 1 aromatic heterocycles. The number of amides is 2. The number of rotatable bonds is 3. The van der Waals surface area contributed by atoms with Crippen LogP contribution in [0.2, 0.25) is 5.02 Å². The van der Waals surface area contributed by atoms with Crippen molar-refractivity contribution in [1.29, 1.82) is 0 Å². The molecule has 0 atom stereocenters. The van der Waals surface area contributed by atoms with Crippen LogP contribution in [0.4, 0.5) is 15.5 Å². The molecule has 0 aliphatic rings. The molecule has 2 rings (SSSR count). The van der Waals surface area contributed by atoms with Crippen LogP contribution < -0.4 is 10.6 Å². The van der Waals surface area contributed by atoms with Gasteiger partial charge in [-0.15, -0.1) is 11.3 Å². The monoisotopic (exact) mass is 312 g/mol. The Morgan fingerprint density at radius 3 is 2.60 bits per heavy atom. The van der Waals surface area contributed by atoms with Gasteiger partial charge in [-0.2, -0.15) is 0 Å². The van der Waals surface area contributed by atoms with Crippen LogP contribution in [0.5, 0.6) is 5.75 Å². The smallest absolute Gasteiger partial charge is 0.338 e. The number of carbonyl (C=O) groups excluding carboxylic acids is 1. The van der Waals surface area contributed by atoms with Gasteiger partial charge in [-0.3, -0.25) is 5.32 Å². The van der Waals surface area contributed by atoms with E-state index < -0.39 is 12.0 Å². The summed E-state index contributed by atoms with van der Waals surface area (Å²) >= 11 is 6.81. The van der Waals surface area contributed by atoms with E-state index in [0.29, 0.717) is 5.69 Å². The van der Waals surface area contributed by atoms with Crippen molar-refractivity contribution in [3.8, 4) is 5.75 Å². The molecule has 4 N–H and O–H groups in total. The number of carboxylic acid groups (broad SMARTS) is 1. The summed E-state index contributed by atoms with van der Waals surface area (Å²) in [5.74, 6) is -1.21. The summed E-state index contributed by atoms with van der Waals surface area (Å²) in [4.78, 5) is 22.6. The first-order valence-electron chi connectivity index (χ1n) is 5.34. The third kappa shape index (κ3) is 3.19. The molecule has 0 fully saturated rings. The van der Waals surface area contributed by atoms with Crippen LogP contribution in [0, 0.1) is 0 Å². The van der Waals surface area contributed by atoms with Gasteiger partial charge in [0, 0.05) is 5.69 Å². The Bertz CT molecular complexity index is 671. The molecule has 0 spiro atoms. The summed E-state index contributed by atoms with van der Waals surface area (Å²) in [6, 6.07) is 4.99. The number of hydrogen-bond acceptors (Lipinski definition) is 4. The number of phenols is 1. The first kappa shape index (κ1) is 14.2. The minimum absolute atomic E-state index is 0.0221. The number of phenolic OH excluding ortho intramolecular Hbond substituents is 1. The van der Waals surface area contributed by atoms with E-state index >= 15 is 0 Å². The van der Waals surface area contributed by atoms with Gasteiger partial charge in [0.2, 0.25) is 0 Å². The highest BCUT2D eigenvalue weighted by Gasteiger charge is 2.14. The molecule has 1 aromatic carbocycles. The largest absolute Gasteiger partial charge is 0.506 e. The number of benzene rings is 1. The minimum Gasteiger partial charge on any atom is -0.506 e. The Balaban J connectivity index is 2.07. The third-order valence-corrected chi connectivity index (χ3v) is 3.46. The van der Waals surface area contributed by atoms with Crippen LogP contribution >= 0.6 is 22.9 Å². The van der Waals surface area contributed by atoms with E-state index in [9.17, 15) is 14.7 Å². The van der Waals surface area contributed by atoms with Gasteiger partial charge in [-0.1, -0.05) is 11.6 Å². The summed E-state index contributed by atoms with van der Waals surface area (Å²) in [5.41, 5.74) is 0.396. The second-order valence-corrected chi connectivity index (χ2v) is 5.04. The molecule has 0 radical (unpaired) electrons. The lowest BCUT2D eigenvalue weighted by Gasteiger charge is -2.07. The van der Waals surface area contributed by atoms with E-state index in [1.54, 1.807) is 5.38 Å². The van der Waals surface area contributed by atoms with Crippen molar-refractivity contribution in [3.05, 3.63) is 40.2 Å². The Morgan fingerprint density at radius 1 is 1.20 bits per heavy atom. The standard InChI is InChI=1S/C12H9ClN2O4S/c13-8-5-6(1-2-9(8)16)14-12(19)15-10-7(11(17)18)3-4-20-10/h1-5,16H,(H,17,18)(H2,14,15,19). The molecule has 20 heavy (non-hydrogen) atoms. The number of nitrogens with one attached hydrogen (secondary N) is 2. The fraction of sp³-hybridized carbons (Fsp3) is 0. The van der Waals surface area contributed by atoms with Crippen LogP contribution in [-0.2, 0) is 0 Å². The van der Waals surface area contributed by atoms with E-state index in [2.05, 4.69) is 10.6 Å². The lowest BCUT2D eigenvalue weighted by atomic mass is 10.3. The van der Waals surface area contributed by atoms with Gasteiger partial charge in [0.1, 0.15) is 10.8 Å². The number of halogens is 1. The average molecular weight is 313 g/mol.